The van der Waals surface area contributed by atoms with Crippen LogP contribution in [0.4, 0.5) is 0 Å². The van der Waals surface area contributed by atoms with Gasteiger partial charge >= 0.3 is 5.97 Å². The third-order valence-corrected chi connectivity index (χ3v) is 2.16. The van der Waals surface area contributed by atoms with E-state index in [2.05, 4.69) is 21.6 Å². The maximum Gasteiger partial charge on any atom is 0.338 e. The van der Waals surface area contributed by atoms with Gasteiger partial charge in [0.15, 0.2) is 0 Å². The van der Waals surface area contributed by atoms with E-state index in [1.54, 1.807) is 18.3 Å². The predicted octanol–water partition coefficient (Wildman–Crippen LogP) is 1.63. The number of aromatic nitrogens is 1. The summed E-state index contributed by atoms with van der Waals surface area (Å²) in [7, 11) is 1.36. The largest absolute Gasteiger partial charge is 0.465 e. The van der Waals surface area contributed by atoms with Crippen molar-refractivity contribution >= 4 is 5.97 Å². The lowest BCUT2D eigenvalue weighted by molar-refractivity contribution is 0.0600. The molecule has 0 amide bonds. The van der Waals surface area contributed by atoms with Crippen molar-refractivity contribution in [3.63, 3.8) is 0 Å². The quantitative estimate of drug-likeness (QED) is 0.512. The summed E-state index contributed by atoms with van der Waals surface area (Å²) < 4.78 is 4.61. The molecule has 3 nitrogen and oxygen atoms in total. The lowest BCUT2D eigenvalue weighted by Crippen LogP contribution is -2.01. The Kier molecular flexibility index (Phi) is 2.68. The fraction of sp³-hybridized carbons (Fsp3) is 0.333. The van der Waals surface area contributed by atoms with Crippen molar-refractivity contribution in [2.24, 2.45) is 5.92 Å². The Morgan fingerprint density at radius 3 is 3.07 bits per heavy atom. The smallest absolute Gasteiger partial charge is 0.338 e. The van der Waals surface area contributed by atoms with Gasteiger partial charge in [0.1, 0.15) is 5.69 Å². The number of hydrogen-bond acceptors (Lipinski definition) is 3. The average Bonchev–Trinajstić information content (AvgIpc) is 3.09. The molecule has 0 bridgehead atoms. The van der Waals surface area contributed by atoms with Gasteiger partial charge in [0.05, 0.1) is 12.7 Å². The first kappa shape index (κ1) is 9.72. The van der Waals surface area contributed by atoms with Crippen LogP contribution in [-0.4, -0.2) is 18.1 Å². The van der Waals surface area contributed by atoms with E-state index in [0.717, 1.165) is 0 Å². The Morgan fingerprint density at radius 1 is 1.60 bits per heavy atom. The summed E-state index contributed by atoms with van der Waals surface area (Å²) in [6, 6.07) is 3.27. The molecule has 0 unspecified atom stereocenters. The molecule has 1 aromatic rings. The number of methoxy groups -OCH3 is 1. The summed E-state index contributed by atoms with van der Waals surface area (Å²) in [6.45, 7) is 0. The third kappa shape index (κ3) is 2.57. The summed E-state index contributed by atoms with van der Waals surface area (Å²) >= 11 is 0. The van der Waals surface area contributed by atoms with Gasteiger partial charge in [-0.15, -0.1) is 0 Å². The first-order valence-corrected chi connectivity index (χ1v) is 4.85. The van der Waals surface area contributed by atoms with Crippen LogP contribution in [-0.2, 0) is 4.74 Å². The van der Waals surface area contributed by atoms with E-state index in [1.807, 2.05) is 0 Å². The van der Waals surface area contributed by atoms with Crippen LogP contribution in [0.5, 0.6) is 0 Å². The number of hydrogen-bond donors (Lipinski definition) is 0. The maximum atomic E-state index is 11.2. The normalized spacial score (nSPS) is 13.9. The first-order chi connectivity index (χ1) is 7.29. The van der Waals surface area contributed by atoms with Gasteiger partial charge in [-0.05, 0) is 30.9 Å². The zero-order chi connectivity index (χ0) is 10.7. The van der Waals surface area contributed by atoms with Gasteiger partial charge in [0, 0.05) is 12.1 Å². The van der Waals surface area contributed by atoms with E-state index < -0.39 is 0 Å². The predicted molar refractivity (Wildman–Crippen MR) is 55.2 cm³/mol. The molecule has 0 aromatic carbocycles. The molecule has 0 atom stereocenters. The molecular weight excluding hydrogens is 190 g/mol. The lowest BCUT2D eigenvalue weighted by Gasteiger charge is -1.97. The fourth-order valence-corrected chi connectivity index (χ4v) is 1.15. The molecule has 15 heavy (non-hydrogen) atoms. The third-order valence-electron chi connectivity index (χ3n) is 2.16. The van der Waals surface area contributed by atoms with E-state index in [0.29, 0.717) is 17.2 Å². The zero-order valence-corrected chi connectivity index (χ0v) is 8.49. The van der Waals surface area contributed by atoms with Crippen molar-refractivity contribution in [1.82, 2.24) is 4.98 Å². The number of esters is 1. The Balaban J connectivity index is 2.19. The maximum absolute atomic E-state index is 11.2. The molecule has 0 N–H and O–H groups in total. The number of pyridine rings is 1. The van der Waals surface area contributed by atoms with E-state index in [1.165, 1.54) is 20.0 Å². The van der Waals surface area contributed by atoms with Gasteiger partial charge in [0.2, 0.25) is 0 Å². The van der Waals surface area contributed by atoms with Gasteiger partial charge < -0.3 is 4.74 Å². The number of rotatable bonds is 1. The van der Waals surface area contributed by atoms with E-state index in [-0.39, 0.29) is 5.97 Å². The minimum Gasteiger partial charge on any atom is -0.465 e. The van der Waals surface area contributed by atoms with Gasteiger partial charge in [0.25, 0.3) is 0 Å². The molecule has 76 valence electrons. The zero-order valence-electron chi connectivity index (χ0n) is 8.49. The second kappa shape index (κ2) is 4.14. The second-order valence-corrected chi connectivity index (χ2v) is 3.46. The highest BCUT2D eigenvalue weighted by Crippen LogP contribution is 2.27. The topological polar surface area (TPSA) is 39.2 Å². The number of ether oxygens (including phenoxy) is 1. The van der Waals surface area contributed by atoms with Crippen molar-refractivity contribution in [2.45, 2.75) is 12.8 Å². The summed E-state index contributed by atoms with van der Waals surface area (Å²) in [5.74, 6) is 6.23. The molecule has 3 heteroatoms. The van der Waals surface area contributed by atoms with Crippen molar-refractivity contribution in [3.8, 4) is 11.8 Å². The molecule has 1 fully saturated rings. The molecule has 1 heterocycles. The average molecular weight is 201 g/mol. The molecule has 1 aliphatic rings. The van der Waals surface area contributed by atoms with Crippen molar-refractivity contribution in [1.29, 1.82) is 0 Å². The standard InChI is InChI=1S/C12H11NO2/c1-15-12(14)10-6-7-13-11(8-10)5-4-9-2-3-9/h6-9H,2-3H2,1H3. The molecular formula is C12H11NO2. The highest BCUT2D eigenvalue weighted by molar-refractivity contribution is 5.89. The molecule has 1 aromatic heterocycles. The van der Waals surface area contributed by atoms with Crippen LogP contribution < -0.4 is 0 Å². The summed E-state index contributed by atoms with van der Waals surface area (Å²) in [4.78, 5) is 15.3. The van der Waals surface area contributed by atoms with Gasteiger partial charge in [-0.2, -0.15) is 0 Å². The van der Waals surface area contributed by atoms with Crippen LogP contribution in [0, 0.1) is 17.8 Å². The van der Waals surface area contributed by atoms with Gasteiger partial charge in [-0.25, -0.2) is 9.78 Å². The lowest BCUT2D eigenvalue weighted by atomic mass is 10.2. The van der Waals surface area contributed by atoms with Crippen molar-refractivity contribution < 1.29 is 9.53 Å². The molecule has 0 saturated heterocycles. The van der Waals surface area contributed by atoms with Crippen LogP contribution in [0.1, 0.15) is 28.9 Å². The Hall–Kier alpha value is -1.82. The Labute approximate surface area is 88.5 Å². The van der Waals surface area contributed by atoms with E-state index in [4.69, 9.17) is 0 Å². The van der Waals surface area contributed by atoms with Crippen LogP contribution in [0.2, 0.25) is 0 Å². The Bertz CT molecular complexity index is 438. The van der Waals surface area contributed by atoms with Crippen LogP contribution >= 0.6 is 0 Å². The highest BCUT2D eigenvalue weighted by atomic mass is 16.5. The van der Waals surface area contributed by atoms with Crippen LogP contribution in [0.25, 0.3) is 0 Å². The first-order valence-electron chi connectivity index (χ1n) is 4.85. The monoisotopic (exact) mass is 201 g/mol. The van der Waals surface area contributed by atoms with Crippen molar-refractivity contribution in [3.05, 3.63) is 29.6 Å². The summed E-state index contributed by atoms with van der Waals surface area (Å²) in [5, 5.41) is 0. The second-order valence-electron chi connectivity index (χ2n) is 3.46. The summed E-state index contributed by atoms with van der Waals surface area (Å²) in [6.07, 6.45) is 3.94. The van der Waals surface area contributed by atoms with Gasteiger partial charge in [-0.3, -0.25) is 0 Å². The minimum absolute atomic E-state index is 0.355. The van der Waals surface area contributed by atoms with E-state index in [9.17, 15) is 4.79 Å². The number of carbonyl (C=O) groups excluding carboxylic acids is 1. The fourth-order valence-electron chi connectivity index (χ4n) is 1.15. The summed E-state index contributed by atoms with van der Waals surface area (Å²) in [5.41, 5.74) is 1.12. The minimum atomic E-state index is -0.355. The Morgan fingerprint density at radius 2 is 2.40 bits per heavy atom. The SMILES string of the molecule is COC(=O)c1ccnc(C#CC2CC2)c1. The van der Waals surface area contributed by atoms with Gasteiger partial charge in [-0.1, -0.05) is 5.92 Å². The van der Waals surface area contributed by atoms with Crippen LogP contribution in [0.15, 0.2) is 18.3 Å². The number of nitrogens with zero attached hydrogens (tertiary/aromatic N) is 1. The molecule has 0 aliphatic heterocycles. The van der Waals surface area contributed by atoms with Crippen LogP contribution in [0.3, 0.4) is 0 Å². The molecule has 1 aliphatic carbocycles. The number of carbonyl (C=O) groups is 1. The molecule has 1 saturated carbocycles. The molecule has 0 radical (unpaired) electrons. The van der Waals surface area contributed by atoms with Crippen molar-refractivity contribution in [2.75, 3.05) is 7.11 Å². The molecule has 0 spiro atoms. The molecule has 2 rings (SSSR count). The highest BCUT2D eigenvalue weighted by Gasteiger charge is 2.17. The van der Waals surface area contributed by atoms with E-state index >= 15 is 0 Å².